The predicted octanol–water partition coefficient (Wildman–Crippen LogP) is 4.77. The highest BCUT2D eigenvalue weighted by Gasteiger charge is 2.39. The van der Waals surface area contributed by atoms with Crippen LogP contribution >= 0.6 is 0 Å². The van der Waals surface area contributed by atoms with Crippen molar-refractivity contribution in [1.82, 2.24) is 10.2 Å². The van der Waals surface area contributed by atoms with Gasteiger partial charge in [0.25, 0.3) is 0 Å². The number of imide groups is 1. The summed E-state index contributed by atoms with van der Waals surface area (Å²) in [6.45, 7) is 6.86. The average Bonchev–Trinajstić information content (AvgIpc) is 2.82. The van der Waals surface area contributed by atoms with Crippen molar-refractivity contribution in [3.05, 3.63) is 65.7 Å². The van der Waals surface area contributed by atoms with Crippen molar-refractivity contribution >= 4 is 23.8 Å². The first-order chi connectivity index (χ1) is 17.6. The van der Waals surface area contributed by atoms with Gasteiger partial charge in [-0.05, 0) is 44.0 Å². The zero-order valence-electron chi connectivity index (χ0n) is 21.5. The van der Waals surface area contributed by atoms with Crippen LogP contribution in [0.4, 0.5) is 19.7 Å². The van der Waals surface area contributed by atoms with E-state index in [4.69, 9.17) is 9.47 Å². The van der Waals surface area contributed by atoms with Gasteiger partial charge in [0.05, 0.1) is 11.6 Å². The number of hydrogen-bond acceptors (Lipinski definition) is 6. The Morgan fingerprint density at radius 1 is 1.03 bits per heavy atom. The van der Waals surface area contributed by atoms with Crippen LogP contribution in [-0.2, 0) is 26.5 Å². The van der Waals surface area contributed by atoms with Crippen molar-refractivity contribution in [2.45, 2.75) is 51.5 Å². The number of halogens is 1. The van der Waals surface area contributed by atoms with Crippen LogP contribution in [0.1, 0.15) is 44.7 Å². The van der Waals surface area contributed by atoms with E-state index in [0.717, 1.165) is 10.5 Å². The summed E-state index contributed by atoms with van der Waals surface area (Å²) in [6, 6.07) is 15.6. The van der Waals surface area contributed by atoms with Gasteiger partial charge in [0.15, 0.2) is 0 Å². The Bertz CT molecular complexity index is 1100. The molecule has 2 saturated heterocycles. The SMILES string of the molecule is CC(C)(C)OC(=O)N1CCC(F)(c2ccc(N(C(=O)OCc3ccccc3)C(=O)C3CNC3)cc2)CC1. The minimum absolute atomic E-state index is 0.0339. The van der Waals surface area contributed by atoms with Gasteiger partial charge in [-0.3, -0.25) is 4.79 Å². The van der Waals surface area contributed by atoms with Crippen LogP contribution in [0.15, 0.2) is 54.6 Å². The van der Waals surface area contributed by atoms with Gasteiger partial charge in [0.2, 0.25) is 5.91 Å². The number of carbonyl (C=O) groups is 3. The smallest absolute Gasteiger partial charge is 0.421 e. The molecule has 0 aliphatic carbocycles. The summed E-state index contributed by atoms with van der Waals surface area (Å²) in [6.07, 6.45) is -0.963. The Kier molecular flexibility index (Phi) is 7.82. The number of likely N-dealkylation sites (tertiary alicyclic amines) is 1. The Balaban J connectivity index is 1.45. The first-order valence-electron chi connectivity index (χ1n) is 12.6. The van der Waals surface area contributed by atoms with Crippen LogP contribution in [0, 0.1) is 5.92 Å². The molecule has 0 bridgehead atoms. The molecule has 0 atom stereocenters. The topological polar surface area (TPSA) is 88.2 Å². The van der Waals surface area contributed by atoms with Crippen molar-refractivity contribution in [1.29, 1.82) is 0 Å². The standard InChI is InChI=1S/C28H34FN3O5/c1-27(2,3)37-25(34)31-15-13-28(29,14-16-31)22-9-11-23(12-10-22)32(24(33)21-17-30-18-21)26(35)36-19-20-7-5-4-6-8-20/h4-12,21,30H,13-19H2,1-3H3. The highest BCUT2D eigenvalue weighted by molar-refractivity contribution is 6.13. The second-order valence-corrected chi connectivity index (χ2v) is 10.5. The summed E-state index contributed by atoms with van der Waals surface area (Å²) >= 11 is 0. The van der Waals surface area contributed by atoms with Crippen molar-refractivity contribution < 1.29 is 28.2 Å². The Labute approximate surface area is 216 Å². The number of benzene rings is 2. The lowest BCUT2D eigenvalue weighted by Gasteiger charge is -2.37. The van der Waals surface area contributed by atoms with Crippen molar-refractivity contribution in [3.63, 3.8) is 0 Å². The third-order valence-electron chi connectivity index (χ3n) is 6.59. The molecule has 37 heavy (non-hydrogen) atoms. The van der Waals surface area contributed by atoms with Gasteiger partial charge < -0.3 is 19.7 Å². The number of amides is 3. The summed E-state index contributed by atoms with van der Waals surface area (Å²) in [5.41, 5.74) is -0.666. The molecule has 4 rings (SSSR count). The number of ether oxygens (including phenoxy) is 2. The first-order valence-corrected chi connectivity index (χ1v) is 12.6. The lowest BCUT2D eigenvalue weighted by molar-refractivity contribution is -0.123. The molecule has 2 fully saturated rings. The van der Waals surface area contributed by atoms with E-state index < -0.39 is 23.5 Å². The van der Waals surface area contributed by atoms with Gasteiger partial charge in [-0.25, -0.2) is 18.9 Å². The first kappa shape index (κ1) is 26.6. The zero-order chi connectivity index (χ0) is 26.6. The fourth-order valence-electron chi connectivity index (χ4n) is 4.32. The fraction of sp³-hybridized carbons (Fsp3) is 0.464. The van der Waals surface area contributed by atoms with Gasteiger partial charge >= 0.3 is 12.2 Å². The number of carbonyl (C=O) groups excluding carboxylic acids is 3. The van der Waals surface area contributed by atoms with Crippen LogP contribution in [0.3, 0.4) is 0 Å². The molecule has 0 spiro atoms. The maximum Gasteiger partial charge on any atom is 0.421 e. The van der Waals surface area contributed by atoms with E-state index in [1.807, 2.05) is 30.3 Å². The molecule has 3 amide bonds. The lowest BCUT2D eigenvalue weighted by Crippen LogP contribution is -2.53. The fourth-order valence-corrected chi connectivity index (χ4v) is 4.32. The van der Waals surface area contributed by atoms with Crippen LogP contribution < -0.4 is 10.2 Å². The molecule has 8 nitrogen and oxygen atoms in total. The maximum atomic E-state index is 15.9. The molecular formula is C28H34FN3O5. The molecule has 2 aromatic rings. The molecule has 0 radical (unpaired) electrons. The normalized spacial score (nSPS) is 17.5. The quantitative estimate of drug-likeness (QED) is 0.622. The van der Waals surface area contributed by atoms with Crippen LogP contribution in [0.25, 0.3) is 0 Å². The van der Waals surface area contributed by atoms with Gasteiger partial charge in [0, 0.05) is 39.0 Å². The number of alkyl halides is 1. The highest BCUT2D eigenvalue weighted by Crippen LogP contribution is 2.38. The zero-order valence-corrected chi connectivity index (χ0v) is 21.5. The monoisotopic (exact) mass is 511 g/mol. The molecule has 9 heteroatoms. The average molecular weight is 512 g/mol. The molecule has 2 aromatic carbocycles. The minimum Gasteiger partial charge on any atom is -0.444 e. The summed E-state index contributed by atoms with van der Waals surface area (Å²) in [7, 11) is 0. The second kappa shape index (κ2) is 10.9. The van der Waals surface area contributed by atoms with Crippen molar-refractivity contribution in [3.8, 4) is 0 Å². The summed E-state index contributed by atoms with van der Waals surface area (Å²) in [5, 5.41) is 3.04. The Morgan fingerprint density at radius 2 is 1.65 bits per heavy atom. The molecule has 2 aliphatic heterocycles. The maximum absolute atomic E-state index is 15.9. The van der Waals surface area contributed by atoms with E-state index in [-0.39, 0.29) is 44.4 Å². The van der Waals surface area contributed by atoms with Crippen LogP contribution in [0.2, 0.25) is 0 Å². The molecule has 2 aliphatic rings. The third-order valence-corrected chi connectivity index (χ3v) is 6.59. The number of piperidine rings is 1. The third kappa shape index (κ3) is 6.46. The van der Waals surface area contributed by atoms with E-state index in [1.165, 1.54) is 4.90 Å². The number of nitrogens with one attached hydrogen (secondary N) is 1. The molecule has 2 heterocycles. The summed E-state index contributed by atoms with van der Waals surface area (Å²) in [4.78, 5) is 41.0. The minimum atomic E-state index is -1.63. The largest absolute Gasteiger partial charge is 0.444 e. The van der Waals surface area contributed by atoms with E-state index in [1.54, 1.807) is 45.0 Å². The van der Waals surface area contributed by atoms with Gasteiger partial charge in [-0.15, -0.1) is 0 Å². The van der Waals surface area contributed by atoms with E-state index >= 15 is 4.39 Å². The highest BCUT2D eigenvalue weighted by atomic mass is 19.1. The number of hydrogen-bond donors (Lipinski definition) is 1. The Morgan fingerprint density at radius 3 is 2.19 bits per heavy atom. The summed E-state index contributed by atoms with van der Waals surface area (Å²) in [5.74, 6) is -0.682. The molecule has 198 valence electrons. The summed E-state index contributed by atoms with van der Waals surface area (Å²) < 4.78 is 26.7. The van der Waals surface area contributed by atoms with Crippen molar-refractivity contribution in [2.75, 3.05) is 31.1 Å². The van der Waals surface area contributed by atoms with E-state index in [2.05, 4.69) is 5.32 Å². The Hall–Kier alpha value is -3.46. The predicted molar refractivity (Wildman–Crippen MR) is 137 cm³/mol. The van der Waals surface area contributed by atoms with Crippen LogP contribution in [-0.4, -0.2) is 54.8 Å². The van der Waals surface area contributed by atoms with E-state index in [0.29, 0.717) is 24.3 Å². The molecule has 0 saturated carbocycles. The number of anilines is 1. The molecular weight excluding hydrogens is 477 g/mol. The number of nitrogens with zero attached hydrogens (tertiary/aromatic N) is 2. The van der Waals surface area contributed by atoms with Gasteiger partial charge in [-0.2, -0.15) is 0 Å². The van der Waals surface area contributed by atoms with E-state index in [9.17, 15) is 14.4 Å². The number of rotatable bonds is 5. The van der Waals surface area contributed by atoms with Gasteiger partial charge in [0.1, 0.15) is 17.9 Å². The molecule has 1 N–H and O–H groups in total. The molecule has 0 aromatic heterocycles. The van der Waals surface area contributed by atoms with Gasteiger partial charge in [-0.1, -0.05) is 42.5 Å². The second-order valence-electron chi connectivity index (χ2n) is 10.5. The van der Waals surface area contributed by atoms with Crippen LogP contribution in [0.5, 0.6) is 0 Å². The lowest BCUT2D eigenvalue weighted by atomic mass is 9.86. The molecule has 0 unspecified atom stereocenters. The van der Waals surface area contributed by atoms with Crippen molar-refractivity contribution in [2.24, 2.45) is 5.92 Å².